The summed E-state index contributed by atoms with van der Waals surface area (Å²) in [6.45, 7) is 3.26. The summed E-state index contributed by atoms with van der Waals surface area (Å²) in [5.41, 5.74) is 0.00835. The average molecular weight is 412 g/mol. The third kappa shape index (κ3) is 5.45. The summed E-state index contributed by atoms with van der Waals surface area (Å²) in [5, 5.41) is 4.56. The van der Waals surface area contributed by atoms with Gasteiger partial charge in [-0.25, -0.2) is 9.59 Å². The minimum Gasteiger partial charge on any atom is -0.482 e. The summed E-state index contributed by atoms with van der Waals surface area (Å²) in [6, 6.07) is 6.73. The monoisotopic (exact) mass is 411 g/mol. The second-order valence-corrected chi connectivity index (χ2v) is 6.35. The number of hydrogen-bond donors (Lipinski definition) is 1. The van der Waals surface area contributed by atoms with Gasteiger partial charge in [-0.1, -0.05) is 23.7 Å². The lowest BCUT2D eigenvalue weighted by Gasteiger charge is -2.10. The molecule has 0 fully saturated rings. The van der Waals surface area contributed by atoms with Gasteiger partial charge in [-0.2, -0.15) is 0 Å². The van der Waals surface area contributed by atoms with E-state index in [9.17, 15) is 14.4 Å². The first kappa shape index (κ1) is 20.7. The molecular weight excluding hydrogens is 394 g/mol. The van der Waals surface area contributed by atoms with Gasteiger partial charge in [0.2, 0.25) is 0 Å². The molecule has 1 aromatic heterocycles. The minimum atomic E-state index is -0.718. The summed E-state index contributed by atoms with van der Waals surface area (Å²) < 4.78 is 15.3. The molecule has 0 bridgehead atoms. The second kappa shape index (κ2) is 9.94. The molecule has 0 radical (unpaired) electrons. The van der Waals surface area contributed by atoms with Crippen molar-refractivity contribution in [2.24, 2.45) is 0 Å². The van der Waals surface area contributed by atoms with E-state index < -0.39 is 17.8 Å². The van der Waals surface area contributed by atoms with Gasteiger partial charge in [0.05, 0.1) is 23.8 Å². The van der Waals surface area contributed by atoms with Gasteiger partial charge >= 0.3 is 11.9 Å². The molecule has 0 unspecified atom stereocenters. The Hall–Kier alpha value is -2.58. The molecule has 0 aliphatic heterocycles. The number of hydrogen-bond acceptors (Lipinski definition) is 7. The van der Waals surface area contributed by atoms with E-state index in [-0.39, 0.29) is 35.9 Å². The molecule has 0 aliphatic rings. The maximum atomic E-state index is 12.2. The van der Waals surface area contributed by atoms with E-state index in [4.69, 9.17) is 25.8 Å². The number of anilines is 1. The fourth-order valence-corrected chi connectivity index (χ4v) is 3.21. The molecule has 0 aliphatic carbocycles. The third-order valence-electron chi connectivity index (χ3n) is 3.21. The highest BCUT2D eigenvalue weighted by atomic mass is 35.5. The predicted octanol–water partition coefficient (Wildman–Crippen LogP) is 3.77. The Morgan fingerprint density at radius 3 is 2.41 bits per heavy atom. The van der Waals surface area contributed by atoms with Crippen LogP contribution in [0.25, 0.3) is 0 Å². The van der Waals surface area contributed by atoms with Crippen molar-refractivity contribution in [1.82, 2.24) is 0 Å². The summed E-state index contributed by atoms with van der Waals surface area (Å²) in [6.07, 6.45) is 0. The Labute approximate surface area is 165 Å². The number of para-hydroxylation sites is 1. The number of benzene rings is 1. The molecule has 1 aromatic carbocycles. The van der Waals surface area contributed by atoms with Gasteiger partial charge in [0.15, 0.2) is 6.61 Å². The van der Waals surface area contributed by atoms with Crippen molar-refractivity contribution < 1.29 is 28.6 Å². The van der Waals surface area contributed by atoms with Crippen molar-refractivity contribution in [3.63, 3.8) is 0 Å². The number of ether oxygens (including phenoxy) is 3. The fourth-order valence-electron chi connectivity index (χ4n) is 2.08. The van der Waals surface area contributed by atoms with Crippen LogP contribution < -0.4 is 10.1 Å². The van der Waals surface area contributed by atoms with Gasteiger partial charge in [0.25, 0.3) is 5.91 Å². The Morgan fingerprint density at radius 2 is 1.74 bits per heavy atom. The number of carbonyl (C=O) groups excluding carboxylic acids is 3. The summed E-state index contributed by atoms with van der Waals surface area (Å²) >= 11 is 6.99. The molecule has 7 nitrogen and oxygen atoms in total. The van der Waals surface area contributed by atoms with Crippen LogP contribution in [0.5, 0.6) is 5.75 Å². The van der Waals surface area contributed by atoms with E-state index >= 15 is 0 Å². The van der Waals surface area contributed by atoms with Crippen LogP contribution in [-0.4, -0.2) is 37.7 Å². The van der Waals surface area contributed by atoms with Gasteiger partial charge in [0, 0.05) is 5.38 Å². The topological polar surface area (TPSA) is 90.9 Å². The Balaban J connectivity index is 2.14. The third-order valence-corrected chi connectivity index (χ3v) is 4.42. The van der Waals surface area contributed by atoms with E-state index in [1.807, 2.05) is 0 Å². The van der Waals surface area contributed by atoms with Crippen LogP contribution >= 0.6 is 22.9 Å². The Morgan fingerprint density at radius 1 is 1.07 bits per heavy atom. The van der Waals surface area contributed by atoms with Crippen molar-refractivity contribution in [3.05, 3.63) is 45.8 Å². The van der Waals surface area contributed by atoms with Crippen molar-refractivity contribution in [3.8, 4) is 5.75 Å². The number of esters is 2. The fraction of sp³-hybridized carbons (Fsp3) is 0.278. The number of halogens is 1. The largest absolute Gasteiger partial charge is 0.482 e. The van der Waals surface area contributed by atoms with Gasteiger partial charge in [-0.05, 0) is 26.0 Å². The predicted molar refractivity (Wildman–Crippen MR) is 102 cm³/mol. The average Bonchev–Trinajstić information content (AvgIpc) is 3.05. The number of thiophene rings is 1. The normalized spacial score (nSPS) is 10.2. The number of rotatable bonds is 8. The quantitative estimate of drug-likeness (QED) is 0.665. The highest BCUT2D eigenvalue weighted by Crippen LogP contribution is 2.30. The van der Waals surface area contributed by atoms with Crippen LogP contribution in [0.15, 0.2) is 29.6 Å². The molecule has 0 saturated heterocycles. The highest BCUT2D eigenvalue weighted by Gasteiger charge is 2.26. The molecule has 27 heavy (non-hydrogen) atoms. The lowest BCUT2D eigenvalue weighted by Crippen LogP contribution is -2.22. The van der Waals surface area contributed by atoms with Gasteiger partial charge in [-0.3, -0.25) is 4.79 Å². The smallest absolute Gasteiger partial charge is 0.342 e. The molecule has 1 amide bonds. The van der Waals surface area contributed by atoms with Crippen molar-refractivity contribution in [2.75, 3.05) is 25.1 Å². The Kier molecular flexibility index (Phi) is 7.63. The molecule has 2 aromatic rings. The van der Waals surface area contributed by atoms with Crippen molar-refractivity contribution in [1.29, 1.82) is 0 Å². The van der Waals surface area contributed by atoms with Crippen LogP contribution in [0.2, 0.25) is 5.02 Å². The number of amides is 1. The first-order valence-corrected chi connectivity index (χ1v) is 9.36. The molecular formula is C18H18ClNO6S. The molecule has 2 rings (SSSR count). The zero-order chi connectivity index (χ0) is 19.8. The molecule has 1 heterocycles. The summed E-state index contributed by atoms with van der Waals surface area (Å²) in [7, 11) is 0. The van der Waals surface area contributed by atoms with Gasteiger partial charge in [0.1, 0.15) is 16.3 Å². The lowest BCUT2D eigenvalue weighted by atomic mass is 10.2. The van der Waals surface area contributed by atoms with Gasteiger partial charge in [-0.15, -0.1) is 11.3 Å². The van der Waals surface area contributed by atoms with Crippen molar-refractivity contribution >= 4 is 45.8 Å². The van der Waals surface area contributed by atoms with Crippen molar-refractivity contribution in [2.45, 2.75) is 13.8 Å². The van der Waals surface area contributed by atoms with Crippen LogP contribution in [0.3, 0.4) is 0 Å². The lowest BCUT2D eigenvalue weighted by molar-refractivity contribution is -0.118. The zero-order valence-corrected chi connectivity index (χ0v) is 16.3. The van der Waals surface area contributed by atoms with E-state index in [1.165, 1.54) is 5.38 Å². The molecule has 0 saturated carbocycles. The first-order valence-electron chi connectivity index (χ1n) is 8.10. The second-order valence-electron chi connectivity index (χ2n) is 5.06. The standard InChI is InChI=1S/C18H18ClNO6S/c1-3-24-17(22)11-10-27-16(15(11)18(23)25-4-2)20-14(21)9-26-13-8-6-5-7-12(13)19/h5-8,10H,3-4,9H2,1-2H3,(H,20,21). The maximum absolute atomic E-state index is 12.2. The van der Waals surface area contributed by atoms with E-state index in [1.54, 1.807) is 38.1 Å². The molecule has 0 spiro atoms. The van der Waals surface area contributed by atoms with Crippen LogP contribution in [0.1, 0.15) is 34.6 Å². The summed E-state index contributed by atoms with van der Waals surface area (Å²) in [5.74, 6) is -1.54. The zero-order valence-electron chi connectivity index (χ0n) is 14.7. The maximum Gasteiger partial charge on any atom is 0.342 e. The van der Waals surface area contributed by atoms with Crippen LogP contribution in [0.4, 0.5) is 5.00 Å². The van der Waals surface area contributed by atoms with Crippen LogP contribution in [0, 0.1) is 0 Å². The SMILES string of the molecule is CCOC(=O)c1csc(NC(=O)COc2ccccc2Cl)c1C(=O)OCC. The Bertz CT molecular complexity index is 835. The van der Waals surface area contributed by atoms with Gasteiger partial charge < -0.3 is 19.5 Å². The summed E-state index contributed by atoms with van der Waals surface area (Å²) in [4.78, 5) is 36.5. The number of carbonyl (C=O) groups is 3. The molecule has 1 N–H and O–H groups in total. The van der Waals surface area contributed by atoms with Crippen LogP contribution in [-0.2, 0) is 14.3 Å². The number of nitrogens with one attached hydrogen (secondary N) is 1. The molecule has 144 valence electrons. The minimum absolute atomic E-state index is 0.0357. The van der Waals surface area contributed by atoms with E-state index in [2.05, 4.69) is 5.32 Å². The van der Waals surface area contributed by atoms with E-state index in [0.717, 1.165) is 11.3 Å². The van der Waals surface area contributed by atoms with E-state index in [0.29, 0.717) is 10.8 Å². The highest BCUT2D eigenvalue weighted by molar-refractivity contribution is 7.15. The molecule has 0 atom stereocenters. The molecule has 9 heteroatoms. The first-order chi connectivity index (χ1) is 13.0.